The molecule has 0 aliphatic carbocycles. The quantitative estimate of drug-likeness (QED) is 0.178. The van der Waals surface area contributed by atoms with Gasteiger partial charge in [0.25, 0.3) is 0 Å². The Kier molecular flexibility index (Phi) is 8.31. The fraction of sp³-hybridized carbons (Fsp3) is 0.478. The smallest absolute Gasteiger partial charge is 0.0647 e. The molecule has 5 aliphatic rings. The van der Waals surface area contributed by atoms with E-state index >= 15 is 0 Å². The molecule has 5 heterocycles. The molecule has 2 aromatic carbocycles. The first kappa shape index (κ1) is 33.0. The molecule has 11 nitrogen and oxygen atoms in total. The molecule has 0 aromatic heterocycles. The van der Waals surface area contributed by atoms with Crippen LogP contribution >= 0.6 is 100 Å². The second-order valence-electron chi connectivity index (χ2n) is 9.81. The third-order valence-electron chi connectivity index (χ3n) is 6.82. The van der Waals surface area contributed by atoms with Gasteiger partial charge >= 0.3 is 267 Å². The minimum Gasteiger partial charge on any atom is -0.351 e. The molecule has 0 saturated carbocycles. The van der Waals surface area contributed by atoms with Crippen molar-refractivity contribution in [2.75, 3.05) is 27.8 Å². The Morgan fingerprint density at radius 2 is 1.02 bits per heavy atom. The molecule has 3 fully saturated rings. The van der Waals surface area contributed by atoms with Crippen LogP contribution in [-0.2, 0) is 28.0 Å². The largest absolute Gasteiger partial charge is 0.351 e. The number of hydrogen-bond acceptors (Lipinski definition) is 10. The van der Waals surface area contributed by atoms with Gasteiger partial charge in [0.2, 0.25) is 0 Å². The average Bonchev–Trinajstić information content (AvgIpc) is 3.59. The molecule has 0 radical (unpaired) electrons. The third kappa shape index (κ3) is 4.62. The molecule has 0 bridgehead atoms. The molecule has 240 valence electrons. The van der Waals surface area contributed by atoms with Crippen LogP contribution in [0.15, 0.2) is 0 Å². The van der Waals surface area contributed by atoms with E-state index < -0.39 is 44.3 Å². The number of benzene rings is 2. The van der Waals surface area contributed by atoms with E-state index in [0.29, 0.717) is 0 Å². The van der Waals surface area contributed by atoms with Crippen molar-refractivity contribution in [1.82, 2.24) is 0 Å². The summed E-state index contributed by atoms with van der Waals surface area (Å²) in [6, 6.07) is 0. The van der Waals surface area contributed by atoms with Crippen LogP contribution in [0.25, 0.3) is 0 Å². The maximum Gasteiger partial charge on any atom is 0.0647 e. The van der Waals surface area contributed by atoms with Gasteiger partial charge in [0, 0.05) is 0 Å². The molecule has 20 heteroatoms. The van der Waals surface area contributed by atoms with E-state index in [1.807, 2.05) is 19.4 Å². The molecule has 0 amide bonds. The van der Waals surface area contributed by atoms with Crippen LogP contribution in [0.4, 0.5) is 0 Å². The van der Waals surface area contributed by atoms with E-state index in [1.165, 1.54) is 7.11 Å². The monoisotopic (exact) mass is 783 g/mol. The molecule has 43 heavy (non-hydrogen) atoms. The molecular weight excluding hydrogens is 765 g/mol. The summed E-state index contributed by atoms with van der Waals surface area (Å²) in [4.78, 5) is 0. The Hall–Kier alpha value is 0.110. The van der Waals surface area contributed by atoms with Crippen molar-refractivity contribution in [3.05, 3.63) is 40.2 Å². The minimum absolute atomic E-state index is 0.146. The van der Waals surface area contributed by atoms with Gasteiger partial charge in [-0.1, -0.05) is 0 Å². The van der Waals surface area contributed by atoms with E-state index in [9.17, 15) is 0 Å². The van der Waals surface area contributed by atoms with Crippen molar-refractivity contribution in [2.45, 2.75) is 43.9 Å². The van der Waals surface area contributed by atoms with Crippen molar-refractivity contribution in [3.63, 3.8) is 0 Å². The van der Waals surface area contributed by atoms with Crippen LogP contribution in [0, 0.1) is 0 Å². The molecule has 3 saturated heterocycles. The Morgan fingerprint density at radius 1 is 0.628 bits per heavy atom. The van der Waals surface area contributed by atoms with Gasteiger partial charge in [-0.3, -0.25) is 0 Å². The normalized spacial score (nSPS) is 33.0. The van der Waals surface area contributed by atoms with Gasteiger partial charge in [-0.25, -0.2) is 0 Å². The van der Waals surface area contributed by atoms with Crippen LogP contribution in [-0.4, -0.2) is 64.8 Å². The van der Waals surface area contributed by atoms with Crippen LogP contribution in [0.2, 0.25) is 40.2 Å². The van der Waals surface area contributed by atoms with Gasteiger partial charge in [0.1, 0.15) is 0 Å². The van der Waals surface area contributed by atoms with Crippen molar-refractivity contribution in [3.8, 4) is 23.0 Å². The maximum atomic E-state index is 6.62. The topological polar surface area (TPSA) is 109 Å². The van der Waals surface area contributed by atoms with Gasteiger partial charge in [-0.05, 0) is 0 Å². The number of ether oxygens (including phenoxy) is 4. The number of rotatable bonds is 1. The Labute approximate surface area is 284 Å². The van der Waals surface area contributed by atoms with E-state index in [1.54, 1.807) is 6.92 Å². The summed E-state index contributed by atoms with van der Waals surface area (Å²) in [6.45, 7) is 1.85. The Morgan fingerprint density at radius 3 is 1.42 bits per heavy atom. The molecule has 5 aliphatic heterocycles. The van der Waals surface area contributed by atoms with Gasteiger partial charge in [0.15, 0.2) is 0 Å². The first-order valence-corrected chi connectivity index (χ1v) is 17.7. The molecule has 6 atom stereocenters. The van der Waals surface area contributed by atoms with Crippen LogP contribution in [0.3, 0.4) is 0 Å². The zero-order valence-corrected chi connectivity index (χ0v) is 29.2. The Bertz CT molecular complexity index is 1390. The van der Waals surface area contributed by atoms with Crippen molar-refractivity contribution < 1.29 is 51.4 Å². The summed E-state index contributed by atoms with van der Waals surface area (Å²) >= 11 is 51.4. The van der Waals surface area contributed by atoms with E-state index in [2.05, 4.69) is 0 Å². The van der Waals surface area contributed by atoms with Crippen molar-refractivity contribution in [2.24, 2.45) is 0 Å². The predicted octanol–water partition coefficient (Wildman–Crippen LogP) is 7.46. The second kappa shape index (κ2) is 10.8. The maximum absolute atomic E-state index is 6.69. The average molecular weight is 787 g/mol. The van der Waals surface area contributed by atoms with Gasteiger partial charge in [0.05, 0.1) is 14.1 Å². The van der Waals surface area contributed by atoms with Crippen molar-refractivity contribution in [1.29, 1.82) is 0 Å². The van der Waals surface area contributed by atoms with Crippen molar-refractivity contribution >= 4 is 100 Å². The molecular formula is C23H22Cl8NO10P. The van der Waals surface area contributed by atoms with Gasteiger partial charge in [-0.2, -0.15) is 0 Å². The third-order valence-corrected chi connectivity index (χ3v) is 13.9. The second-order valence-corrected chi connectivity index (χ2v) is 16.2. The van der Waals surface area contributed by atoms with Crippen LogP contribution in [0.1, 0.15) is 6.92 Å². The number of nitrogens with two attached hydrogens (primary N) is 1. The standard InChI is InChI=1S/C21H14Cl8O10P.C2H7N/c1-4-31-3-5-14(32-4)19-20(21(30-2)33-5)39-40(38-19,34-15-10(26)6(22)7(23)11(27)16(15)35-40)36-17-12(28)8(24)9(25)13(29)18(17)37-40;1-3-2/h4-5,14,19-21H,3H2,1-2H3;3H,1-2H3/q-1;/p+1/t4-,5+,14+,19-,20-,21-;/m0./s1. The zero-order valence-electron chi connectivity index (χ0n) is 22.3. The van der Waals surface area contributed by atoms with E-state index in [-0.39, 0.29) is 69.8 Å². The van der Waals surface area contributed by atoms with Gasteiger partial charge < -0.3 is 5.32 Å². The summed E-state index contributed by atoms with van der Waals surface area (Å²) in [6.07, 6.45) is -5.45. The molecule has 1 spiro atoms. The molecule has 2 N–H and O–H groups in total. The molecule has 7 rings (SSSR count). The number of quaternary nitrogens is 1. The first-order chi connectivity index (χ1) is 20.2. The predicted molar refractivity (Wildman–Crippen MR) is 162 cm³/mol. The number of fused-ring (bicyclic) bond motifs is 5. The number of halogens is 8. The van der Waals surface area contributed by atoms with Gasteiger partial charge in [-0.15, -0.1) is 0 Å². The SMILES string of the molecule is CO[C@H]1O[C@@H]2CO[C@H](C)O[C@H]2[C@@H]2O[P-]34(Oc5c(Cl)c(Cl)c(Cl)c(Cl)c5O3)(Oc3c(Cl)c(Cl)c(Cl)c(Cl)c3O4)O[C@H]12.C[NH2+]C. The summed E-state index contributed by atoms with van der Waals surface area (Å²) in [5, 5.41) is 0.541. The zero-order chi connectivity index (χ0) is 31.3. The summed E-state index contributed by atoms with van der Waals surface area (Å²) < 4.78 is 61.9. The Balaban J connectivity index is 0.00000105. The first-order valence-electron chi connectivity index (χ1n) is 12.5. The molecule has 0 unspecified atom stereocenters. The summed E-state index contributed by atoms with van der Waals surface area (Å²) in [7, 11) is -1.29. The van der Waals surface area contributed by atoms with Crippen LogP contribution < -0.4 is 23.4 Å². The fourth-order valence-electron chi connectivity index (χ4n) is 5.15. The summed E-state index contributed by atoms with van der Waals surface area (Å²) in [5.74, 6) is -1.05. The minimum atomic E-state index is -6.69. The number of hydrogen-bond donors (Lipinski definition) is 1. The number of methoxy groups -OCH3 is 1. The molecule has 2 aromatic rings. The van der Waals surface area contributed by atoms with E-state index in [4.69, 9.17) is 139 Å². The van der Waals surface area contributed by atoms with E-state index in [0.717, 1.165) is 0 Å². The fourth-order valence-corrected chi connectivity index (χ4v) is 11.4. The summed E-state index contributed by atoms with van der Waals surface area (Å²) in [5.41, 5.74) is 0. The van der Waals surface area contributed by atoms with Crippen LogP contribution in [0.5, 0.6) is 23.0 Å².